The van der Waals surface area contributed by atoms with Gasteiger partial charge in [-0.1, -0.05) is 13.0 Å². The van der Waals surface area contributed by atoms with E-state index in [4.69, 9.17) is 9.47 Å². The van der Waals surface area contributed by atoms with Crippen LogP contribution in [0.2, 0.25) is 0 Å². The second-order valence-electron chi connectivity index (χ2n) is 6.21. The van der Waals surface area contributed by atoms with E-state index in [1.165, 1.54) is 5.56 Å². The number of fused-ring (bicyclic) bond motifs is 1. The molecular weight excluding hydrogens is 314 g/mol. The first-order valence-electron chi connectivity index (χ1n) is 8.34. The van der Waals surface area contributed by atoms with Gasteiger partial charge in [0.1, 0.15) is 28.9 Å². The van der Waals surface area contributed by atoms with Crippen molar-refractivity contribution in [3.8, 4) is 17.2 Å². The van der Waals surface area contributed by atoms with Crippen LogP contribution in [0.15, 0.2) is 60.9 Å². The largest absolute Gasteiger partial charge is 0.493 e. The molecule has 1 unspecified atom stereocenters. The molecule has 0 aliphatic carbocycles. The molecule has 25 heavy (non-hydrogen) atoms. The molecule has 0 amide bonds. The van der Waals surface area contributed by atoms with Crippen LogP contribution in [0.3, 0.4) is 0 Å². The standard InChI is InChI=1S/C20H19N3O2/c1-14-10-15-11-16(5-6-18(15)24-13-14)25-17-7-9-22-20(12-17)23-19-4-2-3-8-21-19/h2-9,11-12,14H,10,13H2,1H3,(H,21,22,23). The average molecular weight is 333 g/mol. The Morgan fingerprint density at radius 1 is 1.00 bits per heavy atom. The van der Waals surface area contributed by atoms with Gasteiger partial charge >= 0.3 is 0 Å². The Hall–Kier alpha value is -3.08. The lowest BCUT2D eigenvalue weighted by atomic mass is 9.98. The zero-order chi connectivity index (χ0) is 17.1. The van der Waals surface area contributed by atoms with Crippen molar-refractivity contribution in [1.82, 2.24) is 9.97 Å². The highest BCUT2D eigenvalue weighted by Gasteiger charge is 2.17. The van der Waals surface area contributed by atoms with Crippen LogP contribution in [-0.2, 0) is 6.42 Å². The fourth-order valence-corrected chi connectivity index (χ4v) is 2.83. The maximum atomic E-state index is 6.00. The molecule has 3 heterocycles. The first-order valence-corrected chi connectivity index (χ1v) is 8.34. The van der Waals surface area contributed by atoms with E-state index >= 15 is 0 Å². The fraction of sp³-hybridized carbons (Fsp3) is 0.200. The minimum Gasteiger partial charge on any atom is -0.493 e. The van der Waals surface area contributed by atoms with Gasteiger partial charge < -0.3 is 14.8 Å². The molecule has 0 spiro atoms. The van der Waals surface area contributed by atoms with Crippen LogP contribution in [0.1, 0.15) is 12.5 Å². The first kappa shape index (κ1) is 15.4. The second-order valence-corrected chi connectivity index (χ2v) is 6.21. The van der Waals surface area contributed by atoms with Gasteiger partial charge in [0, 0.05) is 18.5 Å². The van der Waals surface area contributed by atoms with Crippen molar-refractivity contribution >= 4 is 11.6 Å². The molecule has 0 saturated carbocycles. The fourth-order valence-electron chi connectivity index (χ4n) is 2.83. The lowest BCUT2D eigenvalue weighted by molar-refractivity contribution is 0.233. The van der Waals surface area contributed by atoms with Crippen LogP contribution in [-0.4, -0.2) is 16.6 Å². The number of rotatable bonds is 4. The Morgan fingerprint density at radius 2 is 1.88 bits per heavy atom. The van der Waals surface area contributed by atoms with Crippen molar-refractivity contribution in [1.29, 1.82) is 0 Å². The number of nitrogens with zero attached hydrogens (tertiary/aromatic N) is 2. The normalized spacial score (nSPS) is 15.8. The number of hydrogen-bond donors (Lipinski definition) is 1. The number of pyridine rings is 2. The summed E-state index contributed by atoms with van der Waals surface area (Å²) in [6, 6.07) is 15.3. The molecule has 1 aliphatic rings. The molecule has 0 saturated heterocycles. The van der Waals surface area contributed by atoms with E-state index in [-0.39, 0.29) is 0 Å². The van der Waals surface area contributed by atoms with Crippen LogP contribution in [0.25, 0.3) is 0 Å². The molecular formula is C20H19N3O2. The number of ether oxygens (including phenoxy) is 2. The zero-order valence-corrected chi connectivity index (χ0v) is 14.0. The summed E-state index contributed by atoms with van der Waals surface area (Å²) >= 11 is 0. The Balaban J connectivity index is 1.51. The van der Waals surface area contributed by atoms with Gasteiger partial charge in [-0.2, -0.15) is 0 Å². The van der Waals surface area contributed by atoms with Gasteiger partial charge in [-0.05, 0) is 54.3 Å². The summed E-state index contributed by atoms with van der Waals surface area (Å²) in [6.07, 6.45) is 4.46. The minimum atomic E-state index is 0.526. The van der Waals surface area contributed by atoms with Gasteiger partial charge in [-0.15, -0.1) is 0 Å². The number of benzene rings is 1. The third kappa shape index (κ3) is 3.71. The number of anilines is 2. The monoisotopic (exact) mass is 333 g/mol. The van der Waals surface area contributed by atoms with E-state index in [0.717, 1.165) is 36.1 Å². The van der Waals surface area contributed by atoms with Gasteiger partial charge in [0.2, 0.25) is 0 Å². The van der Waals surface area contributed by atoms with Crippen molar-refractivity contribution < 1.29 is 9.47 Å². The molecule has 1 atom stereocenters. The molecule has 5 heteroatoms. The Morgan fingerprint density at radius 3 is 2.76 bits per heavy atom. The number of aromatic nitrogens is 2. The van der Waals surface area contributed by atoms with Crippen LogP contribution >= 0.6 is 0 Å². The van der Waals surface area contributed by atoms with Crippen molar-refractivity contribution in [3.63, 3.8) is 0 Å². The molecule has 5 nitrogen and oxygen atoms in total. The summed E-state index contributed by atoms with van der Waals surface area (Å²) < 4.78 is 11.7. The summed E-state index contributed by atoms with van der Waals surface area (Å²) in [5, 5.41) is 3.16. The summed E-state index contributed by atoms with van der Waals surface area (Å²) in [5.74, 6) is 4.43. The van der Waals surface area contributed by atoms with E-state index in [0.29, 0.717) is 11.7 Å². The van der Waals surface area contributed by atoms with Gasteiger partial charge in [0.15, 0.2) is 0 Å². The third-order valence-electron chi connectivity index (χ3n) is 4.01. The Bertz CT molecular complexity index is 868. The summed E-state index contributed by atoms with van der Waals surface area (Å²) in [5.41, 5.74) is 1.19. The summed E-state index contributed by atoms with van der Waals surface area (Å²) in [7, 11) is 0. The van der Waals surface area contributed by atoms with E-state index in [1.54, 1.807) is 12.4 Å². The third-order valence-corrected chi connectivity index (χ3v) is 4.01. The van der Waals surface area contributed by atoms with E-state index in [2.05, 4.69) is 28.3 Å². The molecule has 4 rings (SSSR count). The predicted octanol–water partition coefficient (Wildman–Crippen LogP) is 4.58. The maximum absolute atomic E-state index is 6.00. The maximum Gasteiger partial charge on any atom is 0.135 e. The SMILES string of the molecule is CC1COc2ccc(Oc3ccnc(Nc4ccccn4)c3)cc2C1. The lowest BCUT2D eigenvalue weighted by Crippen LogP contribution is -2.17. The summed E-state index contributed by atoms with van der Waals surface area (Å²) in [4.78, 5) is 8.54. The smallest absolute Gasteiger partial charge is 0.135 e. The molecule has 2 aromatic heterocycles. The van der Waals surface area contributed by atoms with E-state index in [1.807, 2.05) is 42.5 Å². The highest BCUT2D eigenvalue weighted by Crippen LogP contribution is 2.32. The van der Waals surface area contributed by atoms with Crippen molar-refractivity contribution in [2.24, 2.45) is 5.92 Å². The van der Waals surface area contributed by atoms with Gasteiger partial charge in [-0.25, -0.2) is 9.97 Å². The minimum absolute atomic E-state index is 0.526. The van der Waals surface area contributed by atoms with Gasteiger partial charge in [0.05, 0.1) is 6.61 Å². The van der Waals surface area contributed by atoms with Crippen LogP contribution < -0.4 is 14.8 Å². The topological polar surface area (TPSA) is 56.3 Å². The summed E-state index contributed by atoms with van der Waals surface area (Å²) in [6.45, 7) is 2.97. The van der Waals surface area contributed by atoms with Crippen LogP contribution in [0, 0.1) is 5.92 Å². The molecule has 1 aliphatic heterocycles. The molecule has 126 valence electrons. The molecule has 0 radical (unpaired) electrons. The first-order chi connectivity index (χ1) is 12.3. The van der Waals surface area contributed by atoms with Crippen molar-refractivity contribution in [3.05, 3.63) is 66.5 Å². The molecule has 0 bridgehead atoms. The van der Waals surface area contributed by atoms with E-state index < -0.39 is 0 Å². The quantitative estimate of drug-likeness (QED) is 0.757. The van der Waals surface area contributed by atoms with Gasteiger partial charge in [0.25, 0.3) is 0 Å². The van der Waals surface area contributed by atoms with Crippen molar-refractivity contribution in [2.75, 3.05) is 11.9 Å². The second kappa shape index (κ2) is 6.81. The number of nitrogens with one attached hydrogen (secondary N) is 1. The molecule has 1 N–H and O–H groups in total. The average Bonchev–Trinajstić information content (AvgIpc) is 2.62. The highest BCUT2D eigenvalue weighted by atomic mass is 16.5. The molecule has 3 aromatic rings. The van der Waals surface area contributed by atoms with Gasteiger partial charge in [-0.3, -0.25) is 0 Å². The van der Waals surface area contributed by atoms with Crippen molar-refractivity contribution in [2.45, 2.75) is 13.3 Å². The predicted molar refractivity (Wildman–Crippen MR) is 96.6 cm³/mol. The highest BCUT2D eigenvalue weighted by molar-refractivity contribution is 5.53. The zero-order valence-electron chi connectivity index (χ0n) is 14.0. The molecule has 1 aromatic carbocycles. The molecule has 0 fully saturated rings. The van der Waals surface area contributed by atoms with E-state index in [9.17, 15) is 0 Å². The Kier molecular flexibility index (Phi) is 4.21. The van der Waals surface area contributed by atoms with Crippen LogP contribution in [0.4, 0.5) is 11.6 Å². The Labute approximate surface area is 146 Å². The van der Waals surface area contributed by atoms with Crippen LogP contribution in [0.5, 0.6) is 17.2 Å². The number of hydrogen-bond acceptors (Lipinski definition) is 5. The lowest BCUT2D eigenvalue weighted by Gasteiger charge is -2.22.